The van der Waals surface area contributed by atoms with Gasteiger partial charge >= 0.3 is 0 Å². The number of nitrogens with zero attached hydrogens (tertiary/aromatic N) is 2. The lowest BCUT2D eigenvalue weighted by atomic mass is 10.2. The number of rotatable bonds is 1. The number of ether oxygens (including phenoxy) is 1. The van der Waals surface area contributed by atoms with E-state index in [1.165, 1.54) is 17.3 Å². The van der Waals surface area contributed by atoms with Gasteiger partial charge in [0.05, 0.1) is 25.2 Å². The van der Waals surface area contributed by atoms with Crippen molar-refractivity contribution >= 4 is 10.9 Å². The number of aryl methyl sites for hydroxylation is 2. The molecule has 0 fully saturated rings. The summed E-state index contributed by atoms with van der Waals surface area (Å²) in [5, 5.41) is 1.27. The van der Waals surface area contributed by atoms with Crippen molar-refractivity contribution in [1.29, 1.82) is 0 Å². The molecule has 2 heterocycles. The van der Waals surface area contributed by atoms with Crippen LogP contribution in [0.15, 0.2) is 24.4 Å². The van der Waals surface area contributed by atoms with Crippen molar-refractivity contribution in [3.8, 4) is 5.75 Å². The maximum absolute atomic E-state index is 5.20. The van der Waals surface area contributed by atoms with Crippen LogP contribution in [0.1, 0.15) is 6.42 Å². The maximum atomic E-state index is 5.20. The molecule has 3 rings (SSSR count). The molecule has 3 nitrogen and oxygen atoms in total. The Bertz CT molecular complexity index is 493. The molecule has 1 aromatic heterocycles. The van der Waals surface area contributed by atoms with Crippen LogP contribution in [0.4, 0.5) is 0 Å². The first-order chi connectivity index (χ1) is 6.88. The van der Waals surface area contributed by atoms with Gasteiger partial charge in [-0.1, -0.05) is 0 Å². The van der Waals surface area contributed by atoms with Crippen molar-refractivity contribution in [2.45, 2.75) is 19.5 Å². The zero-order chi connectivity index (χ0) is 9.54. The third-order valence-electron chi connectivity index (χ3n) is 2.87. The number of hydrogen-bond acceptors (Lipinski definition) is 1. The second-order valence-electron chi connectivity index (χ2n) is 3.69. The maximum Gasteiger partial charge on any atom is 0.238 e. The molecule has 1 aromatic carbocycles. The summed E-state index contributed by atoms with van der Waals surface area (Å²) in [6.45, 7) is 2.27. The van der Waals surface area contributed by atoms with E-state index >= 15 is 0 Å². The van der Waals surface area contributed by atoms with E-state index in [-0.39, 0.29) is 12.4 Å². The zero-order valence-corrected chi connectivity index (χ0v) is 9.37. The minimum atomic E-state index is 0. The fourth-order valence-corrected chi connectivity index (χ4v) is 2.18. The third kappa shape index (κ3) is 1.47. The van der Waals surface area contributed by atoms with Crippen LogP contribution in [0.5, 0.6) is 5.75 Å². The van der Waals surface area contributed by atoms with E-state index in [1.54, 1.807) is 7.11 Å². The topological polar surface area (TPSA) is 18.0 Å². The summed E-state index contributed by atoms with van der Waals surface area (Å²) in [7, 11) is 1.71. The number of aromatic nitrogens is 2. The van der Waals surface area contributed by atoms with Gasteiger partial charge in [-0.15, -0.1) is 4.68 Å². The van der Waals surface area contributed by atoms with Gasteiger partial charge in [-0.2, -0.15) is 4.68 Å². The van der Waals surface area contributed by atoms with E-state index in [2.05, 4.69) is 27.7 Å². The van der Waals surface area contributed by atoms with Gasteiger partial charge in [-0.25, -0.2) is 0 Å². The van der Waals surface area contributed by atoms with Crippen LogP contribution >= 0.6 is 0 Å². The van der Waals surface area contributed by atoms with Crippen LogP contribution in [0.3, 0.4) is 0 Å². The largest absolute Gasteiger partial charge is 1.00 e. The number of benzene rings is 1. The zero-order valence-electron chi connectivity index (χ0n) is 8.61. The second kappa shape index (κ2) is 3.74. The highest BCUT2D eigenvalue weighted by Gasteiger charge is 2.22. The van der Waals surface area contributed by atoms with E-state index in [1.807, 2.05) is 6.07 Å². The lowest BCUT2D eigenvalue weighted by Crippen LogP contribution is -3.00. The summed E-state index contributed by atoms with van der Waals surface area (Å²) in [6, 6.07) is 6.25. The van der Waals surface area contributed by atoms with Crippen LogP contribution in [0, 0.1) is 0 Å². The Labute approximate surface area is 94.7 Å². The SMILES string of the molecule is COc1ccc2c(c1)cn1[n+]2CCC1.[Cl-]. The fourth-order valence-electron chi connectivity index (χ4n) is 2.18. The van der Waals surface area contributed by atoms with Crippen LogP contribution < -0.4 is 21.8 Å². The molecule has 0 saturated heterocycles. The lowest BCUT2D eigenvalue weighted by Gasteiger charge is -1.96. The summed E-state index contributed by atoms with van der Waals surface area (Å²) in [5.74, 6) is 0.933. The molecule has 0 atom stereocenters. The van der Waals surface area contributed by atoms with Crippen molar-refractivity contribution in [2.75, 3.05) is 7.11 Å². The first-order valence-electron chi connectivity index (χ1n) is 4.95. The highest BCUT2D eigenvalue weighted by Crippen LogP contribution is 2.20. The fraction of sp³-hybridized carbons (Fsp3) is 0.364. The van der Waals surface area contributed by atoms with Crippen LogP contribution in [0.25, 0.3) is 10.9 Å². The van der Waals surface area contributed by atoms with E-state index in [0.29, 0.717) is 0 Å². The molecule has 4 heteroatoms. The van der Waals surface area contributed by atoms with Crippen LogP contribution in [-0.4, -0.2) is 11.8 Å². The minimum Gasteiger partial charge on any atom is -1.00 e. The quantitative estimate of drug-likeness (QED) is 0.531. The van der Waals surface area contributed by atoms with Gasteiger partial charge < -0.3 is 17.1 Å². The van der Waals surface area contributed by atoms with Crippen molar-refractivity contribution in [1.82, 2.24) is 4.68 Å². The van der Waals surface area contributed by atoms with Gasteiger partial charge in [0.15, 0.2) is 6.54 Å². The predicted molar refractivity (Wildman–Crippen MR) is 53.3 cm³/mol. The highest BCUT2D eigenvalue weighted by molar-refractivity contribution is 5.76. The Morgan fingerprint density at radius 3 is 3.07 bits per heavy atom. The molecule has 15 heavy (non-hydrogen) atoms. The molecule has 80 valence electrons. The van der Waals surface area contributed by atoms with Crippen LogP contribution in [-0.2, 0) is 13.1 Å². The first-order valence-corrected chi connectivity index (χ1v) is 4.95. The van der Waals surface area contributed by atoms with Gasteiger partial charge in [0, 0.05) is 12.5 Å². The third-order valence-corrected chi connectivity index (χ3v) is 2.87. The molecule has 0 spiro atoms. The van der Waals surface area contributed by atoms with Crippen molar-refractivity contribution in [2.24, 2.45) is 0 Å². The molecule has 0 unspecified atom stereocenters. The van der Waals surface area contributed by atoms with Gasteiger partial charge in [0.2, 0.25) is 5.52 Å². The van der Waals surface area contributed by atoms with E-state index in [9.17, 15) is 0 Å². The average molecular weight is 225 g/mol. The van der Waals surface area contributed by atoms with Crippen molar-refractivity contribution in [3.63, 3.8) is 0 Å². The lowest BCUT2D eigenvalue weighted by molar-refractivity contribution is -0.734. The minimum absolute atomic E-state index is 0. The number of methoxy groups -OCH3 is 1. The Balaban J connectivity index is 0.000000853. The Morgan fingerprint density at radius 2 is 2.27 bits per heavy atom. The molecule has 0 saturated carbocycles. The van der Waals surface area contributed by atoms with Gasteiger partial charge in [0.25, 0.3) is 0 Å². The molecule has 2 aromatic rings. The van der Waals surface area contributed by atoms with Gasteiger partial charge in [0.1, 0.15) is 5.75 Å². The summed E-state index contributed by atoms with van der Waals surface area (Å²) in [5.41, 5.74) is 1.31. The molecular formula is C11H13ClN2O. The molecule has 1 aliphatic rings. The summed E-state index contributed by atoms with van der Waals surface area (Å²) >= 11 is 0. The molecule has 0 N–H and O–H groups in total. The number of halogens is 1. The predicted octanol–water partition coefficient (Wildman–Crippen LogP) is -1.65. The van der Waals surface area contributed by atoms with E-state index in [4.69, 9.17) is 4.74 Å². The smallest absolute Gasteiger partial charge is 0.238 e. The number of hydrogen-bond donors (Lipinski definition) is 0. The van der Waals surface area contributed by atoms with Gasteiger partial charge in [-0.3, -0.25) is 0 Å². The molecule has 0 bridgehead atoms. The summed E-state index contributed by atoms with van der Waals surface area (Å²) in [4.78, 5) is 0. The van der Waals surface area contributed by atoms with Crippen molar-refractivity contribution in [3.05, 3.63) is 24.4 Å². The monoisotopic (exact) mass is 224 g/mol. The highest BCUT2D eigenvalue weighted by atomic mass is 35.5. The van der Waals surface area contributed by atoms with E-state index in [0.717, 1.165) is 18.8 Å². The molecule has 0 aliphatic carbocycles. The van der Waals surface area contributed by atoms with Crippen molar-refractivity contribution < 1.29 is 21.8 Å². The molecule has 1 aliphatic heterocycles. The Hall–Kier alpha value is -1.22. The molecule has 0 radical (unpaired) electrons. The number of fused-ring (bicyclic) bond motifs is 3. The second-order valence-corrected chi connectivity index (χ2v) is 3.69. The molecular weight excluding hydrogens is 212 g/mol. The standard InChI is InChI=1S/C11H13N2O.ClH/c1-14-10-3-4-11-9(7-10)8-12-5-2-6-13(11)12;/h3-4,7-8H,2,5-6H2,1H3;1H/q+1;/p-1. The Morgan fingerprint density at radius 1 is 1.40 bits per heavy atom. The van der Waals surface area contributed by atoms with Crippen LogP contribution in [0.2, 0.25) is 0 Å². The first kappa shape index (κ1) is 10.3. The normalized spacial score (nSPS) is 13.7. The van der Waals surface area contributed by atoms with Gasteiger partial charge in [-0.05, 0) is 12.1 Å². The summed E-state index contributed by atoms with van der Waals surface area (Å²) < 4.78 is 9.81. The summed E-state index contributed by atoms with van der Waals surface area (Å²) in [6.07, 6.45) is 3.45. The Kier molecular flexibility index (Phi) is 2.57. The average Bonchev–Trinajstić information content (AvgIpc) is 2.75. The molecule has 0 amide bonds. The van der Waals surface area contributed by atoms with E-state index < -0.39 is 0 Å².